The van der Waals surface area contributed by atoms with Crippen LogP contribution in [0.1, 0.15) is 70.8 Å². The molecule has 5 rings (SSSR count). The molecule has 3 fully saturated rings. The average molecular weight is 350 g/mol. The lowest BCUT2D eigenvalue weighted by atomic mass is 9.44. The molecule has 3 saturated carbocycles. The molecule has 0 aliphatic heterocycles. The SMILES string of the molecule is C[C@]12CCC(=O)CC1CCC1C2CC[C@]2(C)C(c3cccnc3)=CCC12. The molecular formula is C24H31NO. The lowest BCUT2D eigenvalue weighted by Gasteiger charge is -2.60. The maximum atomic E-state index is 12.0. The van der Waals surface area contributed by atoms with E-state index in [0.717, 1.165) is 37.0 Å². The van der Waals surface area contributed by atoms with Gasteiger partial charge in [-0.15, -0.1) is 0 Å². The number of allylic oxidation sites excluding steroid dienone is 2. The molecule has 0 aromatic carbocycles. The highest BCUT2D eigenvalue weighted by Gasteiger charge is 2.58. The van der Waals surface area contributed by atoms with Gasteiger partial charge in [0.15, 0.2) is 0 Å². The Bertz CT molecular complexity index is 753. The zero-order valence-electron chi connectivity index (χ0n) is 16.2. The van der Waals surface area contributed by atoms with Crippen molar-refractivity contribution in [1.82, 2.24) is 4.98 Å². The topological polar surface area (TPSA) is 30.0 Å². The molecule has 0 N–H and O–H groups in total. The third kappa shape index (κ3) is 2.23. The molecule has 0 radical (unpaired) electrons. The molecule has 138 valence electrons. The van der Waals surface area contributed by atoms with E-state index < -0.39 is 0 Å². The molecule has 26 heavy (non-hydrogen) atoms. The van der Waals surface area contributed by atoms with Gasteiger partial charge in [-0.3, -0.25) is 9.78 Å². The second-order valence-corrected chi connectivity index (χ2v) is 9.95. The van der Waals surface area contributed by atoms with Crippen molar-refractivity contribution in [3.05, 3.63) is 36.2 Å². The van der Waals surface area contributed by atoms with E-state index in [1.165, 1.54) is 37.7 Å². The number of Topliss-reactive ketones (excluding diaryl/α,β-unsaturated/α-hetero) is 1. The summed E-state index contributed by atoms with van der Waals surface area (Å²) in [6.07, 6.45) is 15.8. The van der Waals surface area contributed by atoms with E-state index in [0.29, 0.717) is 22.5 Å². The van der Waals surface area contributed by atoms with Gasteiger partial charge >= 0.3 is 0 Å². The van der Waals surface area contributed by atoms with E-state index in [-0.39, 0.29) is 0 Å². The highest BCUT2D eigenvalue weighted by Crippen LogP contribution is 2.67. The number of carbonyl (C=O) groups excluding carboxylic acids is 1. The highest BCUT2D eigenvalue weighted by atomic mass is 16.1. The summed E-state index contributed by atoms with van der Waals surface area (Å²) in [6, 6.07) is 4.31. The number of rotatable bonds is 1. The molecule has 0 bridgehead atoms. The van der Waals surface area contributed by atoms with Gasteiger partial charge in [-0.2, -0.15) is 0 Å². The van der Waals surface area contributed by atoms with E-state index in [1.54, 1.807) is 5.57 Å². The van der Waals surface area contributed by atoms with Crippen molar-refractivity contribution in [3.63, 3.8) is 0 Å². The summed E-state index contributed by atoms with van der Waals surface area (Å²) in [7, 11) is 0. The maximum Gasteiger partial charge on any atom is 0.133 e. The lowest BCUT2D eigenvalue weighted by molar-refractivity contribution is -0.136. The summed E-state index contributed by atoms with van der Waals surface area (Å²) >= 11 is 0. The predicted molar refractivity (Wildman–Crippen MR) is 104 cm³/mol. The Balaban J connectivity index is 1.45. The van der Waals surface area contributed by atoms with Gasteiger partial charge in [0, 0.05) is 25.2 Å². The Morgan fingerprint density at radius 3 is 2.81 bits per heavy atom. The van der Waals surface area contributed by atoms with Crippen LogP contribution in [0.5, 0.6) is 0 Å². The number of ketones is 1. The quantitative estimate of drug-likeness (QED) is 0.652. The highest BCUT2D eigenvalue weighted by molar-refractivity contribution is 5.79. The van der Waals surface area contributed by atoms with Crippen LogP contribution < -0.4 is 0 Å². The fraction of sp³-hybridized carbons (Fsp3) is 0.667. The van der Waals surface area contributed by atoms with Crippen LogP contribution in [0.3, 0.4) is 0 Å². The Hall–Kier alpha value is -1.44. The fourth-order valence-corrected chi connectivity index (χ4v) is 7.58. The Labute approximate surface area is 157 Å². The number of nitrogens with zero attached hydrogens (tertiary/aromatic N) is 1. The summed E-state index contributed by atoms with van der Waals surface area (Å²) in [6.45, 7) is 5.06. The molecule has 0 amide bonds. The second-order valence-electron chi connectivity index (χ2n) is 9.95. The number of hydrogen-bond donors (Lipinski definition) is 0. The number of fused-ring (bicyclic) bond motifs is 5. The fourth-order valence-electron chi connectivity index (χ4n) is 7.58. The Kier molecular flexibility index (Phi) is 3.71. The molecule has 0 saturated heterocycles. The minimum Gasteiger partial charge on any atom is -0.300 e. The normalized spacial score (nSPS) is 44.7. The number of hydrogen-bond acceptors (Lipinski definition) is 2. The molecule has 0 spiro atoms. The summed E-state index contributed by atoms with van der Waals surface area (Å²) in [5, 5.41) is 0. The van der Waals surface area contributed by atoms with Crippen LogP contribution in [0.2, 0.25) is 0 Å². The second kappa shape index (κ2) is 5.78. The predicted octanol–water partition coefficient (Wildman–Crippen LogP) is 5.69. The van der Waals surface area contributed by atoms with Gasteiger partial charge < -0.3 is 0 Å². The number of pyridine rings is 1. The van der Waals surface area contributed by atoms with E-state index in [4.69, 9.17) is 0 Å². The largest absolute Gasteiger partial charge is 0.300 e. The molecule has 1 heterocycles. The zero-order valence-corrected chi connectivity index (χ0v) is 16.2. The minimum absolute atomic E-state index is 0.317. The van der Waals surface area contributed by atoms with Crippen molar-refractivity contribution in [2.75, 3.05) is 0 Å². The van der Waals surface area contributed by atoms with E-state index in [2.05, 4.69) is 43.2 Å². The van der Waals surface area contributed by atoms with Crippen LogP contribution in [0, 0.1) is 34.5 Å². The van der Waals surface area contributed by atoms with Gasteiger partial charge in [0.1, 0.15) is 5.78 Å². The van der Waals surface area contributed by atoms with Gasteiger partial charge in [-0.25, -0.2) is 0 Å². The first-order chi connectivity index (χ1) is 12.5. The Morgan fingerprint density at radius 2 is 2.00 bits per heavy atom. The van der Waals surface area contributed by atoms with Crippen LogP contribution in [0.4, 0.5) is 0 Å². The smallest absolute Gasteiger partial charge is 0.133 e. The maximum absolute atomic E-state index is 12.0. The van der Waals surface area contributed by atoms with Gasteiger partial charge in [0.25, 0.3) is 0 Å². The summed E-state index contributed by atoms with van der Waals surface area (Å²) in [5.41, 5.74) is 3.62. The van der Waals surface area contributed by atoms with Crippen molar-refractivity contribution in [1.29, 1.82) is 0 Å². The van der Waals surface area contributed by atoms with Gasteiger partial charge in [0.2, 0.25) is 0 Å². The number of aromatic nitrogens is 1. The summed E-state index contributed by atoms with van der Waals surface area (Å²) in [5.74, 6) is 3.63. The monoisotopic (exact) mass is 349 g/mol. The first-order valence-corrected chi connectivity index (χ1v) is 10.6. The average Bonchev–Trinajstić information content (AvgIpc) is 3.00. The van der Waals surface area contributed by atoms with Crippen molar-refractivity contribution in [3.8, 4) is 0 Å². The van der Waals surface area contributed by atoms with E-state index >= 15 is 0 Å². The first kappa shape index (κ1) is 16.7. The molecule has 6 atom stereocenters. The standard InChI is InChI=1S/C24H31NO/c1-23-11-9-18(26)14-17(23)5-6-19-21-8-7-20(16-4-3-13-25-15-16)24(21,2)12-10-22(19)23/h3-4,7,13,15,17,19,21-22H,5-6,8-12,14H2,1-2H3/t17?,19?,21?,22?,23-,24+/m0/s1. The molecular weight excluding hydrogens is 318 g/mol. The van der Waals surface area contributed by atoms with Gasteiger partial charge in [-0.05, 0) is 90.2 Å². The third-order valence-electron chi connectivity index (χ3n) is 9.04. The van der Waals surface area contributed by atoms with Gasteiger partial charge in [0.05, 0.1) is 0 Å². The number of carbonyl (C=O) groups is 1. The molecule has 2 nitrogen and oxygen atoms in total. The molecule has 1 aromatic heterocycles. The van der Waals surface area contributed by atoms with Crippen LogP contribution >= 0.6 is 0 Å². The van der Waals surface area contributed by atoms with E-state index in [1.807, 2.05) is 6.20 Å². The van der Waals surface area contributed by atoms with Crippen molar-refractivity contribution < 1.29 is 4.79 Å². The van der Waals surface area contributed by atoms with Gasteiger partial charge in [-0.1, -0.05) is 26.0 Å². The molecule has 2 heteroatoms. The van der Waals surface area contributed by atoms with Crippen molar-refractivity contribution in [2.24, 2.45) is 34.5 Å². The summed E-state index contributed by atoms with van der Waals surface area (Å²) in [4.78, 5) is 16.4. The van der Waals surface area contributed by atoms with Crippen molar-refractivity contribution in [2.45, 2.75) is 65.2 Å². The zero-order chi connectivity index (χ0) is 17.9. The van der Waals surface area contributed by atoms with Crippen LogP contribution in [-0.4, -0.2) is 10.8 Å². The molecule has 1 aromatic rings. The van der Waals surface area contributed by atoms with Crippen LogP contribution in [0.25, 0.3) is 5.57 Å². The lowest BCUT2D eigenvalue weighted by Crippen LogP contribution is -2.53. The van der Waals surface area contributed by atoms with Crippen molar-refractivity contribution >= 4 is 11.4 Å². The summed E-state index contributed by atoms with van der Waals surface area (Å²) < 4.78 is 0. The van der Waals surface area contributed by atoms with Crippen LogP contribution in [-0.2, 0) is 4.79 Å². The molecule has 4 aliphatic carbocycles. The minimum atomic E-state index is 0.317. The Morgan fingerprint density at radius 1 is 1.12 bits per heavy atom. The van der Waals surface area contributed by atoms with Crippen LogP contribution in [0.15, 0.2) is 30.6 Å². The molecule has 4 aliphatic rings. The third-order valence-corrected chi connectivity index (χ3v) is 9.04. The van der Waals surface area contributed by atoms with E-state index in [9.17, 15) is 4.79 Å². The molecule has 4 unspecified atom stereocenters. The first-order valence-electron chi connectivity index (χ1n) is 10.6.